The molecule has 168 valence electrons. The van der Waals surface area contributed by atoms with Crippen molar-refractivity contribution >= 4 is 34.7 Å². The number of hydrogen-bond acceptors (Lipinski definition) is 6. The van der Waals surface area contributed by atoms with Crippen molar-refractivity contribution in [3.05, 3.63) is 88.5 Å². The van der Waals surface area contributed by atoms with E-state index in [1.54, 1.807) is 48.5 Å². The molecule has 1 aliphatic heterocycles. The molecule has 2 N–H and O–H groups in total. The normalized spacial score (nSPS) is 17.3. The van der Waals surface area contributed by atoms with Crippen LogP contribution in [0.3, 0.4) is 0 Å². The third-order valence-electron chi connectivity index (χ3n) is 5.44. The van der Waals surface area contributed by atoms with Crippen LogP contribution >= 0.6 is 11.6 Å². The highest BCUT2D eigenvalue weighted by atomic mass is 35.5. The Hall–Kier alpha value is -3.97. The summed E-state index contributed by atoms with van der Waals surface area (Å²) in [5, 5.41) is 22.1. The second-order valence-electron chi connectivity index (χ2n) is 7.24. The number of amides is 1. The van der Waals surface area contributed by atoms with Gasteiger partial charge in [0.1, 0.15) is 23.0 Å². The number of aliphatic hydroxyl groups is 1. The number of phenols is 1. The monoisotopic (exact) mass is 465 g/mol. The Morgan fingerprint density at radius 3 is 2.30 bits per heavy atom. The second kappa shape index (κ2) is 8.88. The van der Waals surface area contributed by atoms with Gasteiger partial charge in [0.15, 0.2) is 0 Å². The van der Waals surface area contributed by atoms with Crippen molar-refractivity contribution in [3.63, 3.8) is 0 Å². The summed E-state index contributed by atoms with van der Waals surface area (Å²) in [6.45, 7) is 0. The molecular weight excluding hydrogens is 446 g/mol. The first kappa shape index (κ1) is 22.2. The fraction of sp³-hybridized carbons (Fsp3) is 0.120. The van der Waals surface area contributed by atoms with Crippen molar-refractivity contribution in [2.45, 2.75) is 6.04 Å². The first-order chi connectivity index (χ1) is 15.9. The van der Waals surface area contributed by atoms with E-state index < -0.39 is 23.5 Å². The lowest BCUT2D eigenvalue weighted by Gasteiger charge is -2.27. The molecule has 0 saturated carbocycles. The van der Waals surface area contributed by atoms with Crippen LogP contribution in [0.15, 0.2) is 72.3 Å². The number of ether oxygens (including phenoxy) is 2. The summed E-state index contributed by atoms with van der Waals surface area (Å²) in [5.74, 6) is -1.82. The first-order valence-corrected chi connectivity index (χ1v) is 10.3. The summed E-state index contributed by atoms with van der Waals surface area (Å²) in [4.78, 5) is 27.7. The Bertz CT molecular complexity index is 1290. The van der Waals surface area contributed by atoms with Gasteiger partial charge in [0, 0.05) is 10.6 Å². The fourth-order valence-electron chi connectivity index (χ4n) is 3.95. The molecule has 1 saturated heterocycles. The van der Waals surface area contributed by atoms with Crippen LogP contribution in [0.5, 0.6) is 17.2 Å². The minimum absolute atomic E-state index is 0.118. The number of hydrogen-bond donors (Lipinski definition) is 2. The number of Topliss-reactive ketones (excluding diaryl/α,β-unsaturated/α-hetero) is 1. The lowest BCUT2D eigenvalue weighted by molar-refractivity contribution is -0.132. The second-order valence-corrected chi connectivity index (χ2v) is 7.68. The van der Waals surface area contributed by atoms with E-state index in [9.17, 15) is 19.8 Å². The third kappa shape index (κ3) is 3.76. The molecule has 1 atom stereocenters. The Morgan fingerprint density at radius 1 is 0.939 bits per heavy atom. The van der Waals surface area contributed by atoms with Crippen LogP contribution < -0.4 is 14.4 Å². The number of aliphatic hydroxyl groups excluding tert-OH is 1. The molecule has 0 spiro atoms. The Morgan fingerprint density at radius 2 is 1.61 bits per heavy atom. The fourth-order valence-corrected chi connectivity index (χ4v) is 4.12. The average Bonchev–Trinajstić information content (AvgIpc) is 3.09. The molecule has 1 heterocycles. The standard InChI is InChI=1S/C25H20ClNO6/c1-32-19-10-6-3-7-15(19)22-21(23(29)16-13-14(26)11-12-20(16)33-2)24(30)25(31)27(22)17-8-4-5-9-18(17)28/h3-13,22,28-29H,1-2H3/b23-21+. The van der Waals surface area contributed by atoms with E-state index >= 15 is 0 Å². The summed E-state index contributed by atoms with van der Waals surface area (Å²) >= 11 is 6.13. The topological polar surface area (TPSA) is 96.3 Å². The van der Waals surface area contributed by atoms with E-state index in [2.05, 4.69) is 0 Å². The molecular formula is C25H20ClNO6. The van der Waals surface area contributed by atoms with Gasteiger partial charge in [0.2, 0.25) is 0 Å². The molecule has 8 heteroatoms. The molecule has 4 rings (SSSR count). The third-order valence-corrected chi connectivity index (χ3v) is 5.67. The van der Waals surface area contributed by atoms with Gasteiger partial charge in [-0.3, -0.25) is 14.5 Å². The van der Waals surface area contributed by atoms with Gasteiger partial charge in [0.05, 0.1) is 37.1 Å². The Labute approximate surface area is 195 Å². The van der Waals surface area contributed by atoms with Gasteiger partial charge in [-0.05, 0) is 36.4 Å². The van der Waals surface area contributed by atoms with Crippen molar-refractivity contribution < 1.29 is 29.3 Å². The van der Waals surface area contributed by atoms with E-state index in [0.717, 1.165) is 4.90 Å². The molecule has 1 amide bonds. The first-order valence-electron chi connectivity index (χ1n) is 9.94. The SMILES string of the molecule is COc1ccc(Cl)cc1/C(O)=C1\C(=O)C(=O)N(c2ccccc2O)C1c1ccccc1OC. The number of para-hydroxylation sites is 3. The van der Waals surface area contributed by atoms with Crippen molar-refractivity contribution in [1.82, 2.24) is 0 Å². The van der Waals surface area contributed by atoms with Gasteiger partial charge < -0.3 is 19.7 Å². The molecule has 0 bridgehead atoms. The minimum atomic E-state index is -1.09. The zero-order valence-electron chi connectivity index (χ0n) is 17.8. The smallest absolute Gasteiger partial charge is 0.300 e. The quantitative estimate of drug-likeness (QED) is 0.322. The van der Waals surface area contributed by atoms with Crippen molar-refractivity contribution in [2.75, 3.05) is 19.1 Å². The molecule has 3 aromatic carbocycles. The predicted molar refractivity (Wildman–Crippen MR) is 124 cm³/mol. The highest BCUT2D eigenvalue weighted by Gasteiger charge is 2.48. The van der Waals surface area contributed by atoms with Gasteiger partial charge >= 0.3 is 0 Å². The lowest BCUT2D eigenvalue weighted by Crippen LogP contribution is -2.29. The van der Waals surface area contributed by atoms with E-state index in [1.165, 1.54) is 32.4 Å². The highest BCUT2D eigenvalue weighted by molar-refractivity contribution is 6.52. The maximum atomic E-state index is 13.3. The molecule has 0 aromatic heterocycles. The van der Waals surface area contributed by atoms with E-state index in [-0.39, 0.29) is 28.3 Å². The number of nitrogens with zero attached hydrogens (tertiary/aromatic N) is 1. The molecule has 1 unspecified atom stereocenters. The zero-order valence-corrected chi connectivity index (χ0v) is 18.5. The number of phenolic OH excluding ortho intramolecular Hbond substituents is 1. The number of ketones is 1. The molecule has 33 heavy (non-hydrogen) atoms. The number of benzene rings is 3. The minimum Gasteiger partial charge on any atom is -0.507 e. The van der Waals surface area contributed by atoms with Gasteiger partial charge in [-0.15, -0.1) is 0 Å². The summed E-state index contributed by atoms with van der Waals surface area (Å²) in [7, 11) is 2.88. The molecule has 1 fully saturated rings. The Kier molecular flexibility index (Phi) is 5.98. The molecule has 7 nitrogen and oxygen atoms in total. The number of rotatable bonds is 5. The zero-order chi connectivity index (χ0) is 23.7. The van der Waals surface area contributed by atoms with Gasteiger partial charge in [-0.2, -0.15) is 0 Å². The van der Waals surface area contributed by atoms with Crippen LogP contribution in [-0.2, 0) is 9.59 Å². The summed E-state index contributed by atoms with van der Waals surface area (Å²) in [5.41, 5.74) is 0.533. The van der Waals surface area contributed by atoms with Crippen molar-refractivity contribution in [1.29, 1.82) is 0 Å². The van der Waals surface area contributed by atoms with Gasteiger partial charge in [-0.1, -0.05) is 41.9 Å². The summed E-state index contributed by atoms with van der Waals surface area (Å²) < 4.78 is 10.8. The van der Waals surface area contributed by atoms with Crippen LogP contribution in [-0.4, -0.2) is 36.1 Å². The van der Waals surface area contributed by atoms with Crippen LogP contribution in [0.2, 0.25) is 5.02 Å². The summed E-state index contributed by atoms with van der Waals surface area (Å²) in [6, 6.07) is 16.5. The highest BCUT2D eigenvalue weighted by Crippen LogP contribution is 2.47. The van der Waals surface area contributed by atoms with Crippen LogP contribution in [0.4, 0.5) is 5.69 Å². The van der Waals surface area contributed by atoms with Crippen molar-refractivity contribution in [3.8, 4) is 17.2 Å². The van der Waals surface area contributed by atoms with E-state index in [0.29, 0.717) is 16.3 Å². The van der Waals surface area contributed by atoms with Gasteiger partial charge in [-0.25, -0.2) is 0 Å². The predicted octanol–water partition coefficient (Wildman–Crippen LogP) is 4.69. The molecule has 1 aliphatic rings. The number of carbonyl (C=O) groups is 2. The number of carbonyl (C=O) groups excluding carboxylic acids is 2. The van der Waals surface area contributed by atoms with E-state index in [4.69, 9.17) is 21.1 Å². The summed E-state index contributed by atoms with van der Waals surface area (Å²) in [6.07, 6.45) is 0. The molecule has 0 aliphatic carbocycles. The largest absolute Gasteiger partial charge is 0.507 e. The van der Waals surface area contributed by atoms with Crippen LogP contribution in [0.1, 0.15) is 17.2 Å². The lowest BCUT2D eigenvalue weighted by atomic mass is 9.94. The maximum absolute atomic E-state index is 13.3. The van der Waals surface area contributed by atoms with Crippen LogP contribution in [0.25, 0.3) is 5.76 Å². The van der Waals surface area contributed by atoms with Crippen LogP contribution in [0, 0.1) is 0 Å². The number of anilines is 1. The molecule has 3 aromatic rings. The van der Waals surface area contributed by atoms with Gasteiger partial charge in [0.25, 0.3) is 11.7 Å². The number of methoxy groups -OCH3 is 2. The Balaban J connectivity index is 2.05. The number of halogens is 1. The number of aromatic hydroxyl groups is 1. The van der Waals surface area contributed by atoms with E-state index in [1.807, 2.05) is 0 Å². The molecule has 0 radical (unpaired) electrons. The van der Waals surface area contributed by atoms with Crippen molar-refractivity contribution in [2.24, 2.45) is 0 Å². The average molecular weight is 466 g/mol. The maximum Gasteiger partial charge on any atom is 0.300 e.